The molecule has 1 saturated heterocycles. The zero-order valence-corrected chi connectivity index (χ0v) is 20.6. The Kier molecular flexibility index (Phi) is 7.77. The maximum absolute atomic E-state index is 13.6. The molecule has 2 aliphatic rings. The third-order valence-electron chi connectivity index (χ3n) is 6.50. The molecule has 3 amide bonds. The summed E-state index contributed by atoms with van der Waals surface area (Å²) in [5, 5.41) is 0. The average Bonchev–Trinajstić information content (AvgIpc) is 3.52. The second-order valence-electron chi connectivity index (χ2n) is 8.86. The van der Waals surface area contributed by atoms with Crippen LogP contribution >= 0.6 is 0 Å². The van der Waals surface area contributed by atoms with Crippen molar-refractivity contribution >= 4 is 18.1 Å². The van der Waals surface area contributed by atoms with Gasteiger partial charge in [0.05, 0.1) is 20.8 Å². The van der Waals surface area contributed by atoms with E-state index in [1.807, 2.05) is 48.5 Å². The number of rotatable bonds is 7. The van der Waals surface area contributed by atoms with Crippen molar-refractivity contribution in [1.29, 1.82) is 0 Å². The van der Waals surface area contributed by atoms with Gasteiger partial charge in [0.2, 0.25) is 0 Å². The molecule has 0 N–H and O–H groups in total. The molecular weight excluding hydrogens is 462 g/mol. The highest BCUT2D eigenvalue weighted by atomic mass is 16.6. The van der Waals surface area contributed by atoms with Gasteiger partial charge in [-0.05, 0) is 28.8 Å². The van der Waals surface area contributed by atoms with Gasteiger partial charge in [-0.1, -0.05) is 42.5 Å². The minimum Gasteiger partial charge on any atom is -0.497 e. The first-order valence-corrected chi connectivity index (χ1v) is 11.8. The van der Waals surface area contributed by atoms with Crippen molar-refractivity contribution in [3.05, 3.63) is 77.9 Å². The largest absolute Gasteiger partial charge is 0.497 e. The van der Waals surface area contributed by atoms with Gasteiger partial charge in [-0.15, -0.1) is 6.58 Å². The Hall–Kier alpha value is -4.01. The molecule has 2 atom stereocenters. The van der Waals surface area contributed by atoms with Gasteiger partial charge in [0.15, 0.2) is 0 Å². The standard InChI is InChI=1S/C27H31N3O6/c1-4-13-28(15-19-9-11-22(34-2)12-10-19)26(32)30-18-23(14-24(30)25(31)35-3)36-27(33)29-16-20-7-5-6-8-21(20)17-29/h4-12,23-24H,1,13-18H2,2-3H3/t23?,24-/m0/s1. The zero-order valence-electron chi connectivity index (χ0n) is 20.6. The lowest BCUT2D eigenvalue weighted by Crippen LogP contribution is -2.48. The second kappa shape index (κ2) is 11.2. The highest BCUT2D eigenvalue weighted by molar-refractivity contribution is 5.85. The van der Waals surface area contributed by atoms with E-state index in [1.54, 1.807) is 23.0 Å². The molecule has 2 aromatic carbocycles. The predicted octanol–water partition coefficient (Wildman–Crippen LogP) is 3.57. The van der Waals surface area contributed by atoms with Crippen LogP contribution in [0.5, 0.6) is 5.75 Å². The van der Waals surface area contributed by atoms with E-state index < -0.39 is 24.2 Å². The molecule has 0 bridgehead atoms. The number of esters is 1. The molecule has 2 heterocycles. The smallest absolute Gasteiger partial charge is 0.410 e. The quantitative estimate of drug-likeness (QED) is 0.433. The molecule has 190 valence electrons. The normalized spacial score (nSPS) is 18.4. The van der Waals surface area contributed by atoms with Crippen LogP contribution in [0.4, 0.5) is 9.59 Å². The first-order chi connectivity index (χ1) is 17.4. The molecule has 9 nitrogen and oxygen atoms in total. The van der Waals surface area contributed by atoms with Crippen LogP contribution in [-0.2, 0) is 33.9 Å². The maximum atomic E-state index is 13.6. The van der Waals surface area contributed by atoms with Crippen LogP contribution in [0.15, 0.2) is 61.2 Å². The lowest BCUT2D eigenvalue weighted by molar-refractivity contribution is -0.145. The monoisotopic (exact) mass is 493 g/mol. The Morgan fingerprint density at radius 3 is 2.31 bits per heavy atom. The first-order valence-electron chi connectivity index (χ1n) is 11.8. The number of likely N-dealkylation sites (tertiary alicyclic amines) is 1. The van der Waals surface area contributed by atoms with E-state index in [4.69, 9.17) is 14.2 Å². The van der Waals surface area contributed by atoms with Crippen molar-refractivity contribution < 1.29 is 28.6 Å². The van der Waals surface area contributed by atoms with E-state index in [2.05, 4.69) is 6.58 Å². The summed E-state index contributed by atoms with van der Waals surface area (Å²) in [6.07, 6.45) is 0.721. The van der Waals surface area contributed by atoms with Crippen LogP contribution in [0.25, 0.3) is 0 Å². The molecule has 0 saturated carbocycles. The van der Waals surface area contributed by atoms with E-state index in [-0.39, 0.29) is 25.5 Å². The van der Waals surface area contributed by atoms with Crippen molar-refractivity contribution in [2.45, 2.75) is 38.2 Å². The summed E-state index contributed by atoms with van der Waals surface area (Å²) in [6, 6.07) is 14.1. The van der Waals surface area contributed by atoms with Gasteiger partial charge >= 0.3 is 18.1 Å². The number of hydrogen-bond acceptors (Lipinski definition) is 6. The predicted molar refractivity (Wildman–Crippen MR) is 132 cm³/mol. The lowest BCUT2D eigenvalue weighted by Gasteiger charge is -2.30. The highest BCUT2D eigenvalue weighted by Crippen LogP contribution is 2.27. The number of nitrogens with zero attached hydrogens (tertiary/aromatic N) is 3. The van der Waals surface area contributed by atoms with Crippen LogP contribution in [-0.4, -0.2) is 72.2 Å². The van der Waals surface area contributed by atoms with Gasteiger partial charge in [-0.3, -0.25) is 4.90 Å². The molecule has 4 rings (SSSR count). The Morgan fingerprint density at radius 1 is 1.06 bits per heavy atom. The number of methoxy groups -OCH3 is 2. The molecule has 36 heavy (non-hydrogen) atoms. The Balaban J connectivity index is 1.44. The van der Waals surface area contributed by atoms with E-state index in [0.717, 1.165) is 22.4 Å². The molecule has 2 aromatic rings. The van der Waals surface area contributed by atoms with Gasteiger partial charge in [0, 0.05) is 32.6 Å². The molecule has 2 aliphatic heterocycles. The van der Waals surface area contributed by atoms with Gasteiger partial charge in [-0.2, -0.15) is 0 Å². The van der Waals surface area contributed by atoms with E-state index in [9.17, 15) is 14.4 Å². The first kappa shape index (κ1) is 25.1. The number of hydrogen-bond donors (Lipinski definition) is 0. The number of benzene rings is 2. The topological polar surface area (TPSA) is 88.6 Å². The fraction of sp³-hybridized carbons (Fsp3) is 0.370. The molecule has 1 unspecified atom stereocenters. The minimum absolute atomic E-state index is 0.0986. The third-order valence-corrected chi connectivity index (χ3v) is 6.50. The Bertz CT molecular complexity index is 1090. The van der Waals surface area contributed by atoms with Crippen LogP contribution in [0.3, 0.4) is 0 Å². The summed E-state index contributed by atoms with van der Waals surface area (Å²) in [5.74, 6) is 0.176. The van der Waals surface area contributed by atoms with E-state index >= 15 is 0 Å². The fourth-order valence-electron chi connectivity index (χ4n) is 4.63. The zero-order chi connectivity index (χ0) is 25.7. The summed E-state index contributed by atoms with van der Waals surface area (Å²) in [7, 11) is 2.87. The van der Waals surface area contributed by atoms with E-state index in [0.29, 0.717) is 19.6 Å². The summed E-state index contributed by atoms with van der Waals surface area (Å²) in [4.78, 5) is 43.6. The molecule has 0 aliphatic carbocycles. The molecule has 1 fully saturated rings. The highest BCUT2D eigenvalue weighted by Gasteiger charge is 2.44. The SMILES string of the molecule is C=CCN(Cc1ccc(OC)cc1)C(=O)N1CC(OC(=O)N2Cc3ccccc3C2)C[C@H]1C(=O)OC. The number of carbonyl (C=O) groups excluding carboxylic acids is 3. The van der Waals surface area contributed by atoms with Crippen LogP contribution in [0.1, 0.15) is 23.1 Å². The maximum Gasteiger partial charge on any atom is 0.410 e. The molecular formula is C27H31N3O6. The summed E-state index contributed by atoms with van der Waals surface area (Å²) in [6.45, 7) is 5.41. The van der Waals surface area contributed by atoms with Crippen molar-refractivity contribution in [2.75, 3.05) is 27.3 Å². The summed E-state index contributed by atoms with van der Waals surface area (Å²) < 4.78 is 15.9. The van der Waals surface area contributed by atoms with Gasteiger partial charge in [0.1, 0.15) is 17.9 Å². The molecule has 9 heteroatoms. The van der Waals surface area contributed by atoms with Crippen LogP contribution in [0.2, 0.25) is 0 Å². The fourth-order valence-corrected chi connectivity index (χ4v) is 4.63. The number of ether oxygens (including phenoxy) is 3. The number of fused-ring (bicyclic) bond motifs is 1. The lowest BCUT2D eigenvalue weighted by atomic mass is 10.1. The van der Waals surface area contributed by atoms with Crippen molar-refractivity contribution in [2.24, 2.45) is 0 Å². The Morgan fingerprint density at radius 2 is 1.72 bits per heavy atom. The Labute approximate surface area is 210 Å². The molecule has 0 aromatic heterocycles. The van der Waals surface area contributed by atoms with Gasteiger partial charge in [0.25, 0.3) is 0 Å². The van der Waals surface area contributed by atoms with Gasteiger partial charge < -0.3 is 24.0 Å². The molecule has 0 spiro atoms. The molecule has 0 radical (unpaired) electrons. The van der Waals surface area contributed by atoms with Crippen LogP contribution in [0, 0.1) is 0 Å². The average molecular weight is 494 g/mol. The van der Waals surface area contributed by atoms with Crippen molar-refractivity contribution in [1.82, 2.24) is 14.7 Å². The van der Waals surface area contributed by atoms with Crippen LogP contribution < -0.4 is 4.74 Å². The summed E-state index contributed by atoms with van der Waals surface area (Å²) in [5.41, 5.74) is 3.07. The van der Waals surface area contributed by atoms with E-state index in [1.165, 1.54) is 12.0 Å². The number of carbonyl (C=O) groups is 3. The summed E-state index contributed by atoms with van der Waals surface area (Å²) >= 11 is 0. The second-order valence-corrected chi connectivity index (χ2v) is 8.86. The minimum atomic E-state index is -0.848. The third kappa shape index (κ3) is 5.45. The number of urea groups is 1. The van der Waals surface area contributed by atoms with Crippen molar-refractivity contribution in [3.63, 3.8) is 0 Å². The van der Waals surface area contributed by atoms with Crippen molar-refractivity contribution in [3.8, 4) is 5.75 Å². The number of amides is 3. The van der Waals surface area contributed by atoms with Gasteiger partial charge in [-0.25, -0.2) is 14.4 Å².